The van der Waals surface area contributed by atoms with Gasteiger partial charge in [0.25, 0.3) is 0 Å². The Morgan fingerprint density at radius 3 is 2.50 bits per heavy atom. The van der Waals surface area contributed by atoms with Crippen LogP contribution in [0.5, 0.6) is 0 Å². The lowest BCUT2D eigenvalue weighted by atomic mass is 9.85. The van der Waals surface area contributed by atoms with E-state index < -0.39 is 5.41 Å². The first-order chi connectivity index (χ1) is 7.29. The van der Waals surface area contributed by atoms with E-state index in [1.54, 1.807) is 11.7 Å². The molecule has 1 heterocycles. The molecular formula is C11H18ClN3O. The average molecular weight is 244 g/mol. The molecule has 16 heavy (non-hydrogen) atoms. The third-order valence-electron chi connectivity index (χ3n) is 2.87. The van der Waals surface area contributed by atoms with E-state index in [0.29, 0.717) is 18.1 Å². The zero-order valence-corrected chi connectivity index (χ0v) is 10.9. The number of aryl methyl sites for hydroxylation is 2. The number of halogens is 1. The molecule has 0 spiro atoms. The van der Waals surface area contributed by atoms with Crippen LogP contribution in [0.25, 0.3) is 0 Å². The molecule has 0 saturated carbocycles. The fourth-order valence-electron chi connectivity index (χ4n) is 1.39. The smallest absolute Gasteiger partial charge is 0.144 e. The molecule has 0 aliphatic rings. The zero-order valence-electron chi connectivity index (χ0n) is 10.2. The van der Waals surface area contributed by atoms with E-state index >= 15 is 0 Å². The Kier molecular flexibility index (Phi) is 3.76. The van der Waals surface area contributed by atoms with Gasteiger partial charge in [0.05, 0.1) is 5.69 Å². The highest BCUT2D eigenvalue weighted by Gasteiger charge is 2.27. The summed E-state index contributed by atoms with van der Waals surface area (Å²) in [5.41, 5.74) is 6.66. The van der Waals surface area contributed by atoms with E-state index in [1.807, 2.05) is 20.8 Å². The van der Waals surface area contributed by atoms with Gasteiger partial charge in [-0.1, -0.05) is 25.4 Å². The molecule has 0 amide bonds. The molecule has 0 aliphatic carbocycles. The molecule has 0 aromatic carbocycles. The normalized spacial score (nSPS) is 11.9. The van der Waals surface area contributed by atoms with Gasteiger partial charge in [-0.2, -0.15) is 5.10 Å². The van der Waals surface area contributed by atoms with Crippen molar-refractivity contribution in [1.29, 1.82) is 0 Å². The largest absolute Gasteiger partial charge is 0.329 e. The number of Topliss-reactive ketones (excluding diaryl/α,β-unsaturated/α-hetero) is 1. The Morgan fingerprint density at radius 2 is 2.12 bits per heavy atom. The number of nitrogens with zero attached hydrogens (tertiary/aromatic N) is 2. The van der Waals surface area contributed by atoms with Gasteiger partial charge in [0.15, 0.2) is 0 Å². The summed E-state index contributed by atoms with van der Waals surface area (Å²) in [5, 5.41) is 4.70. The Morgan fingerprint density at radius 1 is 1.56 bits per heavy atom. The van der Waals surface area contributed by atoms with Gasteiger partial charge >= 0.3 is 0 Å². The third kappa shape index (κ3) is 2.44. The standard InChI is InChI=1S/C11H18ClN3O/c1-7-8(10(12)15(4)14-7)5-9(16)11(2,3)6-13/h5-6,13H2,1-4H3. The SMILES string of the molecule is Cc1nn(C)c(Cl)c1CC(=O)C(C)(C)CN. The monoisotopic (exact) mass is 243 g/mol. The number of carbonyl (C=O) groups excluding carboxylic acids is 1. The number of hydrogen-bond donors (Lipinski definition) is 1. The molecule has 1 aromatic heterocycles. The summed E-state index contributed by atoms with van der Waals surface area (Å²) in [5.74, 6) is 0.0907. The van der Waals surface area contributed by atoms with Crippen molar-refractivity contribution in [3.05, 3.63) is 16.4 Å². The van der Waals surface area contributed by atoms with Crippen molar-refractivity contribution in [2.75, 3.05) is 6.54 Å². The molecular weight excluding hydrogens is 226 g/mol. The molecule has 4 nitrogen and oxygen atoms in total. The quantitative estimate of drug-likeness (QED) is 0.871. The summed E-state index contributed by atoms with van der Waals surface area (Å²) < 4.78 is 1.58. The van der Waals surface area contributed by atoms with Crippen LogP contribution in [-0.4, -0.2) is 22.1 Å². The van der Waals surface area contributed by atoms with Gasteiger partial charge in [0.1, 0.15) is 10.9 Å². The molecule has 5 heteroatoms. The van der Waals surface area contributed by atoms with Gasteiger partial charge in [0, 0.05) is 31.0 Å². The van der Waals surface area contributed by atoms with Crippen molar-refractivity contribution >= 4 is 17.4 Å². The topological polar surface area (TPSA) is 60.9 Å². The van der Waals surface area contributed by atoms with Crippen molar-refractivity contribution in [2.45, 2.75) is 27.2 Å². The van der Waals surface area contributed by atoms with Gasteiger partial charge in [-0.3, -0.25) is 9.48 Å². The first-order valence-corrected chi connectivity index (χ1v) is 5.58. The van der Waals surface area contributed by atoms with Gasteiger partial charge < -0.3 is 5.73 Å². The highest BCUT2D eigenvalue weighted by atomic mass is 35.5. The number of hydrogen-bond acceptors (Lipinski definition) is 3. The minimum Gasteiger partial charge on any atom is -0.329 e. The van der Waals surface area contributed by atoms with Crippen LogP contribution in [0.15, 0.2) is 0 Å². The number of aromatic nitrogens is 2. The van der Waals surface area contributed by atoms with Crippen LogP contribution >= 0.6 is 11.6 Å². The number of nitrogens with two attached hydrogens (primary N) is 1. The van der Waals surface area contributed by atoms with Crippen LogP contribution in [0.2, 0.25) is 5.15 Å². The Balaban J connectivity index is 2.94. The summed E-state index contributed by atoms with van der Waals surface area (Å²) in [6.45, 7) is 5.87. The van der Waals surface area contributed by atoms with Crippen molar-refractivity contribution in [3.8, 4) is 0 Å². The molecule has 1 rings (SSSR count). The van der Waals surface area contributed by atoms with Crippen molar-refractivity contribution in [2.24, 2.45) is 18.2 Å². The Bertz CT molecular complexity index is 410. The average Bonchev–Trinajstić information content (AvgIpc) is 2.45. The molecule has 0 unspecified atom stereocenters. The highest BCUT2D eigenvalue weighted by molar-refractivity contribution is 6.30. The predicted molar refractivity (Wildman–Crippen MR) is 64.5 cm³/mol. The number of rotatable bonds is 4. The summed E-state index contributed by atoms with van der Waals surface area (Å²) >= 11 is 6.07. The molecule has 0 aliphatic heterocycles. The highest BCUT2D eigenvalue weighted by Crippen LogP contribution is 2.23. The summed E-state index contributed by atoms with van der Waals surface area (Å²) in [6, 6.07) is 0. The van der Waals surface area contributed by atoms with Crippen molar-refractivity contribution in [1.82, 2.24) is 9.78 Å². The second-order valence-electron chi connectivity index (χ2n) is 4.67. The van der Waals surface area contributed by atoms with Crippen LogP contribution in [0.4, 0.5) is 0 Å². The Hall–Kier alpha value is -0.870. The maximum Gasteiger partial charge on any atom is 0.144 e. The molecule has 0 atom stereocenters. The lowest BCUT2D eigenvalue weighted by Crippen LogP contribution is -2.33. The maximum absolute atomic E-state index is 12.0. The van der Waals surface area contributed by atoms with E-state index in [1.165, 1.54) is 0 Å². The molecule has 0 saturated heterocycles. The van der Waals surface area contributed by atoms with Crippen LogP contribution < -0.4 is 5.73 Å². The fourth-order valence-corrected chi connectivity index (χ4v) is 1.63. The first kappa shape index (κ1) is 13.2. The zero-order chi connectivity index (χ0) is 12.5. The van der Waals surface area contributed by atoms with Crippen LogP contribution in [-0.2, 0) is 18.3 Å². The van der Waals surface area contributed by atoms with Gasteiger partial charge in [0.2, 0.25) is 0 Å². The van der Waals surface area contributed by atoms with Crippen LogP contribution in [0.1, 0.15) is 25.1 Å². The Labute approximate surface area is 101 Å². The predicted octanol–water partition coefficient (Wildman–Crippen LogP) is 1.48. The van der Waals surface area contributed by atoms with Gasteiger partial charge in [-0.15, -0.1) is 0 Å². The fraction of sp³-hybridized carbons (Fsp3) is 0.636. The van der Waals surface area contributed by atoms with E-state index in [4.69, 9.17) is 17.3 Å². The first-order valence-electron chi connectivity index (χ1n) is 5.21. The lowest BCUT2D eigenvalue weighted by Gasteiger charge is -2.20. The van der Waals surface area contributed by atoms with E-state index in [-0.39, 0.29) is 5.78 Å². The van der Waals surface area contributed by atoms with Crippen LogP contribution in [0, 0.1) is 12.3 Å². The third-order valence-corrected chi connectivity index (χ3v) is 3.35. The molecule has 1 aromatic rings. The molecule has 0 fully saturated rings. The second-order valence-corrected chi connectivity index (χ2v) is 5.02. The molecule has 2 N–H and O–H groups in total. The second kappa shape index (κ2) is 4.55. The summed E-state index contributed by atoms with van der Waals surface area (Å²) in [4.78, 5) is 12.0. The van der Waals surface area contributed by atoms with Crippen LogP contribution in [0.3, 0.4) is 0 Å². The number of ketones is 1. The lowest BCUT2D eigenvalue weighted by molar-refractivity contribution is -0.125. The minimum absolute atomic E-state index is 0.0907. The van der Waals surface area contributed by atoms with Crippen molar-refractivity contribution < 1.29 is 4.79 Å². The van der Waals surface area contributed by atoms with Crippen molar-refractivity contribution in [3.63, 3.8) is 0 Å². The van der Waals surface area contributed by atoms with E-state index in [2.05, 4.69) is 5.10 Å². The summed E-state index contributed by atoms with van der Waals surface area (Å²) in [7, 11) is 1.76. The summed E-state index contributed by atoms with van der Waals surface area (Å²) in [6.07, 6.45) is 0.294. The van der Waals surface area contributed by atoms with Gasteiger partial charge in [-0.05, 0) is 6.92 Å². The maximum atomic E-state index is 12.0. The van der Waals surface area contributed by atoms with E-state index in [9.17, 15) is 4.79 Å². The molecule has 90 valence electrons. The molecule has 0 bridgehead atoms. The van der Waals surface area contributed by atoms with Gasteiger partial charge in [-0.25, -0.2) is 0 Å². The number of carbonyl (C=O) groups is 1. The molecule has 0 radical (unpaired) electrons. The minimum atomic E-state index is -0.508. The van der Waals surface area contributed by atoms with E-state index in [0.717, 1.165) is 11.3 Å².